The lowest BCUT2D eigenvalue weighted by Gasteiger charge is -2.26. The van der Waals surface area contributed by atoms with Crippen molar-refractivity contribution in [1.29, 1.82) is 0 Å². The van der Waals surface area contributed by atoms with Gasteiger partial charge in [-0.15, -0.1) is 0 Å². The molecule has 0 saturated carbocycles. The predicted molar refractivity (Wildman–Crippen MR) is 91.0 cm³/mol. The number of amides is 1. The number of benzene rings is 1. The zero-order chi connectivity index (χ0) is 19.3. The van der Waals surface area contributed by atoms with Crippen molar-refractivity contribution >= 4 is 21.9 Å². The van der Waals surface area contributed by atoms with Crippen LogP contribution in [0, 0.1) is 0 Å². The molecule has 1 atom stereocenters. The standard InChI is InChI=1S/C16H22N2O7S/c1-11(16(17)20)25-15(19)10-12-3-4-13(23-2)14(9-12)26(21,22)18-5-7-24-8-6-18/h3-4,9,11H,5-8,10H2,1-2H3,(H2,17,20). The van der Waals surface area contributed by atoms with Gasteiger partial charge in [-0.3, -0.25) is 9.59 Å². The Morgan fingerprint density at radius 2 is 1.96 bits per heavy atom. The molecule has 1 amide bonds. The van der Waals surface area contributed by atoms with E-state index >= 15 is 0 Å². The second-order valence-corrected chi connectivity index (χ2v) is 7.62. The van der Waals surface area contributed by atoms with Crippen molar-refractivity contribution in [1.82, 2.24) is 4.31 Å². The van der Waals surface area contributed by atoms with E-state index in [2.05, 4.69) is 0 Å². The second kappa shape index (κ2) is 8.47. The Balaban J connectivity index is 2.25. The molecule has 1 aliphatic heterocycles. The molecule has 10 heteroatoms. The fourth-order valence-corrected chi connectivity index (χ4v) is 4.04. The van der Waals surface area contributed by atoms with Crippen LogP contribution in [0.15, 0.2) is 23.1 Å². The van der Waals surface area contributed by atoms with E-state index in [1.54, 1.807) is 6.07 Å². The van der Waals surface area contributed by atoms with Crippen LogP contribution < -0.4 is 10.5 Å². The summed E-state index contributed by atoms with van der Waals surface area (Å²) in [5, 5.41) is 0. The van der Waals surface area contributed by atoms with E-state index in [0.717, 1.165) is 0 Å². The van der Waals surface area contributed by atoms with Gasteiger partial charge in [-0.05, 0) is 24.6 Å². The molecule has 0 aromatic heterocycles. The number of esters is 1. The maximum atomic E-state index is 12.9. The Hall–Kier alpha value is -2.17. The van der Waals surface area contributed by atoms with Crippen LogP contribution in [0.5, 0.6) is 5.75 Å². The first-order valence-corrected chi connectivity index (χ1v) is 9.43. The van der Waals surface area contributed by atoms with Gasteiger partial charge in [-0.1, -0.05) is 6.07 Å². The van der Waals surface area contributed by atoms with E-state index in [1.807, 2.05) is 0 Å². The smallest absolute Gasteiger partial charge is 0.311 e. The van der Waals surface area contributed by atoms with Crippen LogP contribution in [0.3, 0.4) is 0 Å². The third-order valence-electron chi connectivity index (χ3n) is 3.87. The van der Waals surface area contributed by atoms with E-state index in [0.29, 0.717) is 18.8 Å². The molecule has 0 spiro atoms. The number of rotatable bonds is 7. The van der Waals surface area contributed by atoms with E-state index in [9.17, 15) is 18.0 Å². The van der Waals surface area contributed by atoms with Gasteiger partial charge in [0.2, 0.25) is 10.0 Å². The minimum Gasteiger partial charge on any atom is -0.495 e. The summed E-state index contributed by atoms with van der Waals surface area (Å²) >= 11 is 0. The number of primary amides is 1. The molecule has 0 radical (unpaired) electrons. The van der Waals surface area contributed by atoms with Crippen molar-refractivity contribution in [2.75, 3.05) is 33.4 Å². The van der Waals surface area contributed by atoms with Crippen molar-refractivity contribution < 1.29 is 32.2 Å². The maximum absolute atomic E-state index is 12.9. The quantitative estimate of drug-likeness (QED) is 0.636. The van der Waals surface area contributed by atoms with Gasteiger partial charge in [-0.2, -0.15) is 4.31 Å². The summed E-state index contributed by atoms with van der Waals surface area (Å²) in [6.07, 6.45) is -1.26. The highest BCUT2D eigenvalue weighted by molar-refractivity contribution is 7.89. The summed E-state index contributed by atoms with van der Waals surface area (Å²) in [7, 11) is -2.43. The number of carbonyl (C=O) groups is 2. The van der Waals surface area contributed by atoms with Crippen LogP contribution in [0.1, 0.15) is 12.5 Å². The zero-order valence-electron chi connectivity index (χ0n) is 14.6. The van der Waals surface area contributed by atoms with Crippen molar-refractivity contribution in [3.8, 4) is 5.75 Å². The number of ether oxygens (including phenoxy) is 3. The zero-order valence-corrected chi connectivity index (χ0v) is 15.5. The molecule has 1 saturated heterocycles. The van der Waals surface area contributed by atoms with E-state index in [-0.39, 0.29) is 30.2 Å². The molecule has 1 heterocycles. The van der Waals surface area contributed by atoms with Gasteiger partial charge >= 0.3 is 5.97 Å². The SMILES string of the molecule is COc1ccc(CC(=O)OC(C)C(N)=O)cc1S(=O)(=O)N1CCOCC1. The first kappa shape index (κ1) is 20.1. The van der Waals surface area contributed by atoms with Crippen LogP contribution in [-0.2, 0) is 35.5 Å². The Bertz CT molecular complexity index is 773. The summed E-state index contributed by atoms with van der Waals surface area (Å²) in [5.74, 6) is -1.26. The number of carbonyl (C=O) groups excluding carboxylic acids is 2. The maximum Gasteiger partial charge on any atom is 0.311 e. The largest absolute Gasteiger partial charge is 0.495 e. The highest BCUT2D eigenvalue weighted by Gasteiger charge is 2.29. The predicted octanol–water partition coefficient (Wildman–Crippen LogP) is -0.324. The van der Waals surface area contributed by atoms with Crippen LogP contribution in [-0.4, -0.2) is 64.1 Å². The van der Waals surface area contributed by atoms with Crippen molar-refractivity contribution in [3.05, 3.63) is 23.8 Å². The molecule has 144 valence electrons. The van der Waals surface area contributed by atoms with Crippen LogP contribution >= 0.6 is 0 Å². The summed E-state index contributed by atoms with van der Waals surface area (Å²) < 4.78 is 42.3. The van der Waals surface area contributed by atoms with Gasteiger partial charge in [0.05, 0.1) is 26.7 Å². The Morgan fingerprint density at radius 3 is 2.54 bits per heavy atom. The fourth-order valence-electron chi connectivity index (χ4n) is 2.42. The Labute approximate surface area is 152 Å². The fraction of sp³-hybridized carbons (Fsp3) is 0.500. The molecule has 26 heavy (non-hydrogen) atoms. The van der Waals surface area contributed by atoms with Gasteiger partial charge in [0.1, 0.15) is 10.6 Å². The van der Waals surface area contributed by atoms with E-state index in [4.69, 9.17) is 19.9 Å². The summed E-state index contributed by atoms with van der Waals surface area (Å²) in [5.41, 5.74) is 5.47. The summed E-state index contributed by atoms with van der Waals surface area (Å²) in [6, 6.07) is 4.42. The average molecular weight is 386 g/mol. The Kier molecular flexibility index (Phi) is 6.57. The van der Waals surface area contributed by atoms with Crippen LogP contribution in [0.4, 0.5) is 0 Å². The lowest BCUT2D eigenvalue weighted by molar-refractivity contribution is -0.153. The van der Waals surface area contributed by atoms with Crippen LogP contribution in [0.2, 0.25) is 0 Å². The minimum absolute atomic E-state index is 0.0323. The van der Waals surface area contributed by atoms with Crippen molar-refractivity contribution in [2.45, 2.75) is 24.3 Å². The highest BCUT2D eigenvalue weighted by Crippen LogP contribution is 2.28. The van der Waals surface area contributed by atoms with E-state index < -0.39 is 28.0 Å². The van der Waals surface area contributed by atoms with Gasteiger partial charge in [0.15, 0.2) is 6.10 Å². The monoisotopic (exact) mass is 386 g/mol. The first-order chi connectivity index (χ1) is 12.3. The first-order valence-electron chi connectivity index (χ1n) is 7.99. The number of hydrogen-bond acceptors (Lipinski definition) is 7. The number of hydrogen-bond donors (Lipinski definition) is 1. The second-order valence-electron chi connectivity index (χ2n) is 5.71. The molecule has 0 bridgehead atoms. The third kappa shape index (κ3) is 4.71. The molecule has 1 aromatic carbocycles. The minimum atomic E-state index is -3.80. The number of sulfonamides is 1. The van der Waals surface area contributed by atoms with Crippen LogP contribution in [0.25, 0.3) is 0 Å². The molecular weight excluding hydrogens is 364 g/mol. The topological polar surface area (TPSA) is 125 Å². The molecule has 0 aliphatic carbocycles. The van der Waals surface area contributed by atoms with Crippen molar-refractivity contribution in [3.63, 3.8) is 0 Å². The number of methoxy groups -OCH3 is 1. The molecule has 2 N–H and O–H groups in total. The summed E-state index contributed by atoms with van der Waals surface area (Å²) in [4.78, 5) is 22.8. The molecular formula is C16H22N2O7S. The molecule has 1 fully saturated rings. The molecule has 9 nitrogen and oxygen atoms in total. The normalized spacial score (nSPS) is 16.7. The summed E-state index contributed by atoms with van der Waals surface area (Å²) in [6.45, 7) is 2.49. The van der Waals surface area contributed by atoms with Crippen molar-refractivity contribution in [2.24, 2.45) is 5.73 Å². The lowest BCUT2D eigenvalue weighted by atomic mass is 10.1. The number of nitrogens with two attached hydrogens (primary N) is 1. The molecule has 1 aliphatic rings. The number of morpholine rings is 1. The highest BCUT2D eigenvalue weighted by atomic mass is 32.2. The van der Waals surface area contributed by atoms with E-state index in [1.165, 1.54) is 30.5 Å². The number of nitrogens with zero attached hydrogens (tertiary/aromatic N) is 1. The van der Waals surface area contributed by atoms with Gasteiger partial charge in [0.25, 0.3) is 5.91 Å². The van der Waals surface area contributed by atoms with Gasteiger partial charge in [0, 0.05) is 13.1 Å². The molecule has 1 unspecified atom stereocenters. The molecule has 1 aromatic rings. The average Bonchev–Trinajstić information content (AvgIpc) is 2.62. The third-order valence-corrected chi connectivity index (χ3v) is 5.79. The van der Waals surface area contributed by atoms with Gasteiger partial charge in [-0.25, -0.2) is 8.42 Å². The lowest BCUT2D eigenvalue weighted by Crippen LogP contribution is -2.40. The Morgan fingerprint density at radius 1 is 1.31 bits per heavy atom. The van der Waals surface area contributed by atoms with Gasteiger partial charge < -0.3 is 19.9 Å². The molecule has 2 rings (SSSR count).